The molecule has 0 aliphatic carbocycles. The highest BCUT2D eigenvalue weighted by Gasteiger charge is 2.07. The normalized spacial score (nSPS) is 14.4. The van der Waals surface area contributed by atoms with Gasteiger partial charge in [-0.25, -0.2) is 0 Å². The van der Waals surface area contributed by atoms with Gasteiger partial charge in [-0.3, -0.25) is 4.79 Å². The van der Waals surface area contributed by atoms with Gasteiger partial charge >= 0.3 is 0 Å². The van der Waals surface area contributed by atoms with Crippen molar-refractivity contribution in [3.63, 3.8) is 0 Å². The smallest absolute Gasteiger partial charge is 0.293 e. The number of benzene rings is 1. The van der Waals surface area contributed by atoms with Gasteiger partial charge in [0.2, 0.25) is 0 Å². The van der Waals surface area contributed by atoms with Crippen LogP contribution in [0.4, 0.5) is 0 Å². The van der Waals surface area contributed by atoms with Crippen molar-refractivity contribution in [1.82, 2.24) is 5.32 Å². The first-order chi connectivity index (χ1) is 11.7. The molecule has 1 aliphatic rings. The molecule has 0 radical (unpaired) electrons. The van der Waals surface area contributed by atoms with Crippen molar-refractivity contribution >= 4 is 29.1 Å². The lowest BCUT2D eigenvalue weighted by Crippen LogP contribution is -2.35. The Kier molecular flexibility index (Phi) is 12.9. The summed E-state index contributed by atoms with van der Waals surface area (Å²) < 4.78 is 10.9. The maximum atomic E-state index is 9.60. The number of nitrogens with one attached hydrogen (secondary N) is 1. The monoisotopic (exact) mass is 464 g/mol. The van der Waals surface area contributed by atoms with Crippen LogP contribution < -0.4 is 15.8 Å². The molecule has 0 atom stereocenters. The van der Waals surface area contributed by atoms with Crippen molar-refractivity contribution in [3.8, 4) is 5.75 Å². The number of halogens is 1. The highest BCUT2D eigenvalue weighted by atomic mass is 127. The number of piperidine rings is 1. The third-order valence-electron chi connectivity index (χ3n) is 3.41. The number of carbonyl (C=O) groups excluding carboxylic acids is 1. The predicted octanol–water partition coefficient (Wildman–Crippen LogP) is 3.52. The number of nitrogens with two attached hydrogens (primary N) is 1. The summed E-state index contributed by atoms with van der Waals surface area (Å²) in [4.78, 5) is 9.60. The number of rotatable bonds is 3. The van der Waals surface area contributed by atoms with E-state index in [1.807, 2.05) is 20.8 Å². The van der Waals surface area contributed by atoms with Gasteiger partial charge in [-0.2, -0.15) is 0 Å². The first-order valence-corrected chi connectivity index (χ1v) is 9.71. The summed E-state index contributed by atoms with van der Waals surface area (Å²) in [5.74, 6) is 0.977. The molecule has 1 aromatic carbocycles. The van der Waals surface area contributed by atoms with Gasteiger partial charge < -0.3 is 20.5 Å². The topological polar surface area (TPSA) is 73.6 Å². The van der Waals surface area contributed by atoms with Gasteiger partial charge in [0.05, 0.1) is 10.7 Å². The second kappa shape index (κ2) is 13.4. The van der Waals surface area contributed by atoms with Crippen molar-refractivity contribution in [2.24, 2.45) is 5.73 Å². The Bertz CT molecular complexity index is 484. The number of hydrogen-bond acceptors (Lipinski definition) is 5. The van der Waals surface area contributed by atoms with Crippen molar-refractivity contribution < 1.29 is 14.3 Å². The summed E-state index contributed by atoms with van der Waals surface area (Å²) in [7, 11) is 1.71. The third kappa shape index (κ3) is 13.1. The molecule has 3 N–H and O–H groups in total. The molecule has 1 saturated heterocycles. The fraction of sp³-hybridized carbons (Fsp3) is 0.632. The van der Waals surface area contributed by atoms with Gasteiger partial charge in [0, 0.05) is 6.04 Å². The molecule has 0 spiro atoms. The number of ether oxygens (including phenoxy) is 2. The average Bonchev–Trinajstić information content (AvgIpc) is 2.56. The molecule has 0 bridgehead atoms. The van der Waals surface area contributed by atoms with Crippen LogP contribution in [0.15, 0.2) is 18.2 Å². The van der Waals surface area contributed by atoms with Crippen LogP contribution in [0.1, 0.15) is 46.1 Å². The van der Waals surface area contributed by atoms with Gasteiger partial charge in [-0.05, 0) is 93.4 Å². The Morgan fingerprint density at radius 3 is 2.24 bits per heavy atom. The summed E-state index contributed by atoms with van der Waals surface area (Å²) >= 11 is 2.27. The average molecular weight is 464 g/mol. The molecule has 1 aliphatic heterocycles. The molecular weight excluding hydrogens is 431 g/mol. The number of aryl methyl sites for hydroxylation is 1. The van der Waals surface area contributed by atoms with Gasteiger partial charge in [-0.1, -0.05) is 13.0 Å². The minimum absolute atomic E-state index is 0.318. The van der Waals surface area contributed by atoms with E-state index in [1.54, 1.807) is 7.11 Å². The van der Waals surface area contributed by atoms with Crippen LogP contribution >= 0.6 is 22.6 Å². The molecule has 0 aromatic heterocycles. The summed E-state index contributed by atoms with van der Waals surface area (Å²) in [6, 6.07) is 6.77. The van der Waals surface area contributed by atoms with Crippen LogP contribution in [0.3, 0.4) is 0 Å². The molecule has 5 nitrogen and oxygen atoms in total. The highest BCUT2D eigenvalue weighted by Crippen LogP contribution is 2.21. The van der Waals surface area contributed by atoms with Crippen LogP contribution in [0.25, 0.3) is 0 Å². The second-order valence-electron chi connectivity index (χ2n) is 6.74. The molecule has 1 aromatic rings. The van der Waals surface area contributed by atoms with Crippen molar-refractivity contribution in [3.05, 3.63) is 27.3 Å². The number of hydrogen-bond donors (Lipinski definition) is 2. The zero-order chi connectivity index (χ0) is 19.3. The lowest BCUT2D eigenvalue weighted by Gasteiger charge is -2.17. The fourth-order valence-corrected chi connectivity index (χ4v) is 2.47. The Morgan fingerprint density at radius 2 is 1.92 bits per heavy atom. The largest absolute Gasteiger partial charge is 0.496 e. The third-order valence-corrected chi connectivity index (χ3v) is 4.30. The minimum atomic E-state index is -0.318. The summed E-state index contributed by atoms with van der Waals surface area (Å²) in [6.45, 7) is 10.3. The minimum Gasteiger partial charge on any atom is -0.496 e. The SMILES string of the molecule is CC(C)(C)OC=O.CCc1ccc(I)c(OC)c1.NC1CCNCC1. The van der Waals surface area contributed by atoms with Crippen molar-refractivity contribution in [2.45, 2.75) is 58.6 Å². The first-order valence-electron chi connectivity index (χ1n) is 8.63. The van der Waals surface area contributed by atoms with Gasteiger partial charge in [0.25, 0.3) is 6.47 Å². The van der Waals surface area contributed by atoms with Crippen molar-refractivity contribution in [1.29, 1.82) is 0 Å². The van der Waals surface area contributed by atoms with E-state index in [0.717, 1.165) is 38.1 Å². The standard InChI is InChI=1S/C9H11IO.C5H12N2.C5H10O2/c1-3-7-4-5-8(10)9(6-7)11-2;6-5-1-3-7-4-2-5;1-5(2,3)7-4-6/h4-6H,3H2,1-2H3;5,7H,1-4,6H2;4H,1-3H3. The van der Waals surface area contributed by atoms with Crippen LogP contribution in [0, 0.1) is 3.57 Å². The molecule has 1 fully saturated rings. The predicted molar refractivity (Wildman–Crippen MR) is 112 cm³/mol. The Morgan fingerprint density at radius 1 is 1.32 bits per heavy atom. The van der Waals surface area contributed by atoms with Gasteiger partial charge in [-0.15, -0.1) is 0 Å². The maximum absolute atomic E-state index is 9.60. The lowest BCUT2D eigenvalue weighted by molar-refractivity contribution is -0.138. The molecule has 0 unspecified atom stereocenters. The number of methoxy groups -OCH3 is 1. The first kappa shape index (κ1) is 24.1. The molecular formula is C19H33IN2O3. The van der Waals surface area contributed by atoms with E-state index < -0.39 is 0 Å². The molecule has 25 heavy (non-hydrogen) atoms. The van der Waals surface area contributed by atoms with E-state index in [1.165, 1.54) is 9.13 Å². The molecule has 2 rings (SSSR count). The molecule has 144 valence electrons. The zero-order valence-electron chi connectivity index (χ0n) is 16.1. The van der Waals surface area contributed by atoms with E-state index in [2.05, 4.69) is 57.8 Å². The van der Waals surface area contributed by atoms with Crippen LogP contribution in [0.5, 0.6) is 5.75 Å². The van der Waals surface area contributed by atoms with E-state index in [0.29, 0.717) is 12.5 Å². The Hall–Kier alpha value is -0.860. The van der Waals surface area contributed by atoms with Gasteiger partial charge in [0.15, 0.2) is 0 Å². The summed E-state index contributed by atoms with van der Waals surface area (Å²) in [5.41, 5.74) is 6.60. The summed E-state index contributed by atoms with van der Waals surface area (Å²) in [5, 5.41) is 3.24. The molecule has 0 amide bonds. The van der Waals surface area contributed by atoms with E-state index in [9.17, 15) is 4.79 Å². The molecule has 0 saturated carbocycles. The fourth-order valence-electron chi connectivity index (χ4n) is 1.91. The van der Waals surface area contributed by atoms with E-state index in [4.69, 9.17) is 10.5 Å². The van der Waals surface area contributed by atoms with Crippen molar-refractivity contribution in [2.75, 3.05) is 20.2 Å². The highest BCUT2D eigenvalue weighted by molar-refractivity contribution is 14.1. The van der Waals surface area contributed by atoms with Crippen LogP contribution in [-0.2, 0) is 16.0 Å². The quantitative estimate of drug-likeness (QED) is 0.529. The zero-order valence-corrected chi connectivity index (χ0v) is 18.3. The second-order valence-corrected chi connectivity index (χ2v) is 7.90. The van der Waals surface area contributed by atoms with E-state index in [-0.39, 0.29) is 5.60 Å². The van der Waals surface area contributed by atoms with Crippen LogP contribution in [-0.4, -0.2) is 38.3 Å². The Labute approximate surface area is 166 Å². The molecule has 6 heteroatoms. The summed E-state index contributed by atoms with van der Waals surface area (Å²) in [6.07, 6.45) is 3.37. The Balaban J connectivity index is 0.000000362. The van der Waals surface area contributed by atoms with E-state index >= 15 is 0 Å². The maximum Gasteiger partial charge on any atom is 0.293 e. The van der Waals surface area contributed by atoms with Crippen LogP contribution in [0.2, 0.25) is 0 Å². The molecule has 1 heterocycles. The number of carbonyl (C=O) groups is 1. The lowest BCUT2D eigenvalue weighted by atomic mass is 10.1. The van der Waals surface area contributed by atoms with Gasteiger partial charge in [0.1, 0.15) is 11.4 Å².